The molecule has 0 unspecified atom stereocenters. The van der Waals surface area contributed by atoms with Crippen molar-refractivity contribution in [1.29, 1.82) is 0 Å². The lowest BCUT2D eigenvalue weighted by Gasteiger charge is -2.39. The van der Waals surface area contributed by atoms with E-state index in [0.29, 0.717) is 10.9 Å². The summed E-state index contributed by atoms with van der Waals surface area (Å²) in [7, 11) is 0. The molecule has 160 valence electrons. The normalized spacial score (nSPS) is 17.3. The number of benzene rings is 1. The third-order valence-corrected chi connectivity index (χ3v) is 7.35. The van der Waals surface area contributed by atoms with Crippen LogP contribution in [0.5, 0.6) is 0 Å². The molecule has 1 saturated heterocycles. The number of aliphatic imine (C=N–C) groups is 1. The molecular formula is C21H31N3O2S3. The zero-order valence-electron chi connectivity index (χ0n) is 17.9. The maximum absolute atomic E-state index is 11.7. The first-order valence-electron chi connectivity index (χ1n) is 9.96. The van der Waals surface area contributed by atoms with Gasteiger partial charge in [-0.2, -0.15) is 0 Å². The van der Waals surface area contributed by atoms with E-state index < -0.39 is 0 Å². The lowest BCUT2D eigenvalue weighted by Crippen LogP contribution is -2.45. The number of amidine groups is 1. The summed E-state index contributed by atoms with van der Waals surface area (Å²) in [6.45, 7) is 13.6. The predicted octanol–water partition coefficient (Wildman–Crippen LogP) is 5.18. The maximum Gasteiger partial charge on any atom is 0.316 e. The van der Waals surface area contributed by atoms with Crippen LogP contribution in [0, 0.1) is 5.41 Å². The van der Waals surface area contributed by atoms with Crippen molar-refractivity contribution in [1.82, 2.24) is 4.90 Å². The average molecular weight is 454 g/mol. The molecule has 0 N–H and O–H groups in total. The summed E-state index contributed by atoms with van der Waals surface area (Å²) in [5.74, 6) is 0.955. The molecule has 2 rings (SSSR count). The van der Waals surface area contributed by atoms with Crippen molar-refractivity contribution >= 4 is 62.6 Å². The van der Waals surface area contributed by atoms with Gasteiger partial charge in [0.2, 0.25) is 0 Å². The maximum atomic E-state index is 11.7. The Labute approximate surface area is 188 Å². The van der Waals surface area contributed by atoms with Crippen molar-refractivity contribution in [2.45, 2.75) is 34.6 Å². The van der Waals surface area contributed by atoms with E-state index in [9.17, 15) is 4.79 Å². The number of esters is 1. The quantitative estimate of drug-likeness (QED) is 0.416. The zero-order chi connectivity index (χ0) is 21.4. The van der Waals surface area contributed by atoms with Gasteiger partial charge < -0.3 is 14.5 Å². The number of thioether (sulfide) groups is 2. The number of ether oxygens (including phenoxy) is 1. The Hall–Kier alpha value is -1.25. The average Bonchev–Trinajstić information content (AvgIpc) is 2.69. The number of nitrogens with zero attached hydrogens (tertiary/aromatic N) is 3. The van der Waals surface area contributed by atoms with Crippen molar-refractivity contribution in [2.75, 3.05) is 42.6 Å². The molecule has 1 aliphatic rings. The summed E-state index contributed by atoms with van der Waals surface area (Å²) in [6, 6.07) is 8.30. The first-order valence-corrected chi connectivity index (χ1v) is 12.3. The van der Waals surface area contributed by atoms with Crippen LogP contribution in [-0.2, 0) is 9.53 Å². The molecule has 0 aliphatic carbocycles. The molecule has 0 bridgehead atoms. The number of carbonyl (C=O) groups excluding carboxylic acids is 1. The van der Waals surface area contributed by atoms with Crippen molar-refractivity contribution < 1.29 is 9.53 Å². The molecule has 0 spiro atoms. The fraction of sp³-hybridized carbons (Fsp3) is 0.571. The summed E-state index contributed by atoms with van der Waals surface area (Å²) in [4.78, 5) is 21.0. The first kappa shape index (κ1) is 24.0. The molecule has 1 fully saturated rings. The van der Waals surface area contributed by atoms with Crippen LogP contribution in [0.15, 0.2) is 29.3 Å². The predicted molar refractivity (Wildman–Crippen MR) is 132 cm³/mol. The minimum Gasteiger partial charge on any atom is -0.465 e. The number of rotatable bonds is 7. The Balaban J connectivity index is 2.22. The molecule has 0 atom stereocenters. The molecule has 0 saturated carbocycles. The van der Waals surface area contributed by atoms with Crippen molar-refractivity contribution in [3.63, 3.8) is 0 Å². The molecule has 0 aromatic heterocycles. The van der Waals surface area contributed by atoms with E-state index in [1.54, 1.807) is 11.8 Å². The summed E-state index contributed by atoms with van der Waals surface area (Å²) >= 11 is 8.71. The van der Waals surface area contributed by atoms with E-state index in [2.05, 4.69) is 49.6 Å². The Bertz CT molecular complexity index is 748. The summed E-state index contributed by atoms with van der Waals surface area (Å²) in [6.07, 6.45) is 0. The Morgan fingerprint density at radius 3 is 2.72 bits per heavy atom. The standard InChI is InChI=1S/C21H31N3O2S3/c1-6-23(7-2)17-11-9-10-16(12-17)22-19-24(14-21(4,5)15-29-19)20(27)28-13-18(25)26-8-3/h9-12H,6-8,13-15H2,1-5H3. The topological polar surface area (TPSA) is 45.1 Å². The van der Waals surface area contributed by atoms with Crippen LogP contribution in [-0.4, -0.2) is 58.1 Å². The van der Waals surface area contributed by atoms with Crippen LogP contribution in [0.4, 0.5) is 11.4 Å². The van der Waals surface area contributed by atoms with Gasteiger partial charge in [-0.1, -0.05) is 55.7 Å². The van der Waals surface area contributed by atoms with Gasteiger partial charge in [-0.3, -0.25) is 4.79 Å². The molecule has 5 nitrogen and oxygen atoms in total. The van der Waals surface area contributed by atoms with Crippen LogP contribution < -0.4 is 4.90 Å². The van der Waals surface area contributed by atoms with Crippen LogP contribution >= 0.6 is 35.7 Å². The number of thiocarbonyl (C=S) groups is 1. The van der Waals surface area contributed by atoms with Crippen molar-refractivity contribution in [3.8, 4) is 0 Å². The van der Waals surface area contributed by atoms with E-state index in [1.807, 2.05) is 19.1 Å². The van der Waals surface area contributed by atoms with Gasteiger partial charge >= 0.3 is 5.97 Å². The molecule has 0 amide bonds. The SMILES string of the molecule is CCOC(=O)CSC(=S)N1CC(C)(C)CSC1=Nc1cccc(N(CC)CC)c1. The van der Waals surface area contributed by atoms with Crippen LogP contribution in [0.25, 0.3) is 0 Å². The molecule has 1 aliphatic heterocycles. The minimum absolute atomic E-state index is 0.112. The van der Waals surface area contributed by atoms with Crippen LogP contribution in [0.2, 0.25) is 0 Å². The van der Waals surface area contributed by atoms with Gasteiger partial charge in [-0.25, -0.2) is 4.99 Å². The highest BCUT2D eigenvalue weighted by atomic mass is 32.2. The van der Waals surface area contributed by atoms with E-state index >= 15 is 0 Å². The molecule has 1 aromatic rings. The van der Waals surface area contributed by atoms with Gasteiger partial charge in [0, 0.05) is 31.1 Å². The summed E-state index contributed by atoms with van der Waals surface area (Å²) < 4.78 is 5.69. The summed E-state index contributed by atoms with van der Waals surface area (Å²) in [5.41, 5.74) is 2.20. The lowest BCUT2D eigenvalue weighted by atomic mass is 9.96. The fourth-order valence-corrected chi connectivity index (χ4v) is 5.14. The van der Waals surface area contributed by atoms with E-state index in [-0.39, 0.29) is 17.1 Å². The van der Waals surface area contributed by atoms with Crippen molar-refractivity contribution in [2.24, 2.45) is 10.4 Å². The molecule has 29 heavy (non-hydrogen) atoms. The van der Waals surface area contributed by atoms with Gasteiger partial charge in [-0.15, -0.1) is 0 Å². The molecule has 8 heteroatoms. The second kappa shape index (κ2) is 11.2. The second-order valence-electron chi connectivity index (χ2n) is 7.49. The number of anilines is 1. The Morgan fingerprint density at radius 2 is 2.07 bits per heavy atom. The molecule has 1 heterocycles. The highest BCUT2D eigenvalue weighted by Crippen LogP contribution is 2.35. The van der Waals surface area contributed by atoms with Gasteiger partial charge in [-0.05, 0) is 44.4 Å². The van der Waals surface area contributed by atoms with E-state index in [0.717, 1.165) is 36.2 Å². The number of hydrogen-bond acceptors (Lipinski definition) is 7. The molecule has 0 radical (unpaired) electrons. The van der Waals surface area contributed by atoms with Crippen molar-refractivity contribution in [3.05, 3.63) is 24.3 Å². The number of carbonyl (C=O) groups is 1. The van der Waals surface area contributed by atoms with Crippen LogP contribution in [0.3, 0.4) is 0 Å². The Kier molecular flexibility index (Phi) is 9.30. The van der Waals surface area contributed by atoms with E-state index in [1.165, 1.54) is 17.4 Å². The second-order valence-corrected chi connectivity index (χ2v) is 10.0. The van der Waals surface area contributed by atoms with Gasteiger partial charge in [0.15, 0.2) is 5.17 Å². The highest BCUT2D eigenvalue weighted by molar-refractivity contribution is 8.23. The van der Waals surface area contributed by atoms with Gasteiger partial charge in [0.25, 0.3) is 0 Å². The monoisotopic (exact) mass is 453 g/mol. The first-order chi connectivity index (χ1) is 13.8. The lowest BCUT2D eigenvalue weighted by molar-refractivity contribution is -0.139. The fourth-order valence-electron chi connectivity index (χ4n) is 2.97. The summed E-state index contributed by atoms with van der Waals surface area (Å²) in [5, 5.41) is 0.891. The van der Waals surface area contributed by atoms with Crippen LogP contribution in [0.1, 0.15) is 34.6 Å². The van der Waals surface area contributed by atoms with E-state index in [4.69, 9.17) is 21.9 Å². The largest absolute Gasteiger partial charge is 0.465 e. The number of hydrogen-bond donors (Lipinski definition) is 0. The third-order valence-electron chi connectivity index (χ3n) is 4.43. The smallest absolute Gasteiger partial charge is 0.316 e. The zero-order valence-corrected chi connectivity index (χ0v) is 20.4. The minimum atomic E-state index is -0.241. The Morgan fingerprint density at radius 1 is 1.34 bits per heavy atom. The van der Waals surface area contributed by atoms with Gasteiger partial charge in [0.05, 0.1) is 18.0 Å². The third kappa shape index (κ3) is 7.19. The molecule has 1 aromatic carbocycles. The molecular weight excluding hydrogens is 422 g/mol. The van der Waals surface area contributed by atoms with Gasteiger partial charge in [0.1, 0.15) is 4.32 Å². The highest BCUT2D eigenvalue weighted by Gasteiger charge is 2.33.